The van der Waals surface area contributed by atoms with Crippen LogP contribution in [0.25, 0.3) is 0 Å². The number of aromatic nitrogens is 2. The normalized spacial score (nSPS) is 17.7. The number of hydrogen-bond acceptors (Lipinski definition) is 10. The molecule has 8 rings (SSSR count). The predicted octanol–water partition coefficient (Wildman–Crippen LogP) is 6.46. The molecule has 4 aromatic rings. The molecule has 0 aliphatic carbocycles. The Kier molecular flexibility index (Phi) is 17.7. The van der Waals surface area contributed by atoms with Crippen molar-refractivity contribution in [1.82, 2.24) is 35.1 Å². The van der Waals surface area contributed by atoms with E-state index in [1.54, 1.807) is 46.6 Å². The average molecular weight is 897 g/mol. The number of benzene rings is 2. The molecule has 6 heterocycles. The van der Waals surface area contributed by atoms with Gasteiger partial charge in [-0.15, -0.1) is 0 Å². The molecule has 320 valence electrons. The Labute approximate surface area is 368 Å². The first-order valence-electron chi connectivity index (χ1n) is 18.5. The number of piperazine rings is 2. The van der Waals surface area contributed by atoms with Crippen molar-refractivity contribution in [2.24, 2.45) is 10.2 Å². The Hall–Kier alpha value is -5.93. The van der Waals surface area contributed by atoms with Crippen LogP contribution in [0, 0.1) is 45.9 Å². The fourth-order valence-electron chi connectivity index (χ4n) is 6.69. The van der Waals surface area contributed by atoms with Gasteiger partial charge in [-0.1, -0.05) is 11.6 Å². The number of carbonyl (C=O) groups excluding carboxylic acids is 2. The fraction of sp³-hybridized carbons (Fsp3) is 0.300. The van der Waals surface area contributed by atoms with Crippen molar-refractivity contribution in [3.63, 3.8) is 0 Å². The molecular weight excluding hydrogens is 856 g/mol. The lowest BCUT2D eigenvalue weighted by Gasteiger charge is -2.37. The van der Waals surface area contributed by atoms with Crippen LogP contribution in [0.1, 0.15) is 47.2 Å². The van der Waals surface area contributed by atoms with E-state index in [-0.39, 0.29) is 39.1 Å². The van der Waals surface area contributed by atoms with Crippen LogP contribution in [-0.2, 0) is 0 Å². The molecule has 14 nitrogen and oxygen atoms in total. The van der Waals surface area contributed by atoms with Crippen LogP contribution in [0.5, 0.6) is 0 Å². The predicted molar refractivity (Wildman–Crippen MR) is 231 cm³/mol. The number of pyridine rings is 2. The van der Waals surface area contributed by atoms with Gasteiger partial charge in [-0.25, -0.2) is 47.1 Å². The number of hydrazone groups is 2. The van der Waals surface area contributed by atoms with Gasteiger partial charge in [-0.3, -0.25) is 0 Å². The molecule has 0 spiro atoms. The SMILES string of the molecule is N#Cc1ccnc(Cl)c1.N#Cc1ccnc(N2CCN(C(=O)N3N=CC[C@H]3c3cc(F)cc(F)c3)CC2)c1.O=C(N1CCNCC1)N1N=CC[C@H]1c1cc(F)cc(F)c1.S.S. The summed E-state index contributed by atoms with van der Waals surface area (Å²) >= 11 is 5.46. The molecule has 2 aromatic heterocycles. The number of anilines is 1. The van der Waals surface area contributed by atoms with Gasteiger partial charge < -0.3 is 20.0 Å². The van der Waals surface area contributed by atoms with Crippen LogP contribution < -0.4 is 10.2 Å². The number of nitrogens with zero attached hydrogens (tertiary/aromatic N) is 11. The van der Waals surface area contributed by atoms with E-state index in [1.165, 1.54) is 46.5 Å². The van der Waals surface area contributed by atoms with E-state index in [0.717, 1.165) is 25.2 Å². The molecule has 21 heteroatoms. The summed E-state index contributed by atoms with van der Waals surface area (Å²) in [5.41, 5.74) is 1.87. The van der Waals surface area contributed by atoms with Crippen molar-refractivity contribution in [2.75, 3.05) is 57.3 Å². The molecule has 2 fully saturated rings. The third-order valence-corrected chi connectivity index (χ3v) is 9.79. The maximum Gasteiger partial charge on any atom is 0.341 e. The number of amides is 4. The molecule has 0 bridgehead atoms. The largest absolute Gasteiger partial charge is 0.353 e. The average Bonchev–Trinajstić information content (AvgIpc) is 3.95. The monoisotopic (exact) mass is 896 g/mol. The second kappa shape index (κ2) is 22.6. The number of carbonyl (C=O) groups is 2. The maximum absolute atomic E-state index is 13.6. The first-order valence-corrected chi connectivity index (χ1v) is 18.9. The van der Waals surface area contributed by atoms with Gasteiger partial charge in [0.1, 0.15) is 34.2 Å². The van der Waals surface area contributed by atoms with Crippen LogP contribution in [0.4, 0.5) is 33.0 Å². The van der Waals surface area contributed by atoms with Crippen LogP contribution in [0.3, 0.4) is 0 Å². The first-order chi connectivity index (χ1) is 28.5. The molecule has 0 saturated carbocycles. The van der Waals surface area contributed by atoms with Crippen LogP contribution in [-0.4, -0.2) is 107 Å². The Morgan fingerprint density at radius 2 is 1.08 bits per heavy atom. The second-order valence-electron chi connectivity index (χ2n) is 13.5. The van der Waals surface area contributed by atoms with E-state index in [9.17, 15) is 27.2 Å². The summed E-state index contributed by atoms with van der Waals surface area (Å²) in [4.78, 5) is 38.8. The lowest BCUT2D eigenvalue weighted by molar-refractivity contribution is 0.136. The van der Waals surface area contributed by atoms with Gasteiger partial charge in [-0.2, -0.15) is 47.7 Å². The summed E-state index contributed by atoms with van der Waals surface area (Å²) in [6.07, 6.45) is 7.14. The van der Waals surface area contributed by atoms with Crippen molar-refractivity contribution in [1.29, 1.82) is 10.5 Å². The van der Waals surface area contributed by atoms with Crippen molar-refractivity contribution in [3.05, 3.63) is 124 Å². The smallest absolute Gasteiger partial charge is 0.341 e. The third kappa shape index (κ3) is 12.6. The number of halogens is 5. The zero-order valence-electron chi connectivity index (χ0n) is 32.4. The molecule has 0 unspecified atom stereocenters. The van der Waals surface area contributed by atoms with Crippen molar-refractivity contribution < 1.29 is 27.2 Å². The minimum Gasteiger partial charge on any atom is -0.353 e. The molecule has 61 heavy (non-hydrogen) atoms. The van der Waals surface area contributed by atoms with E-state index < -0.39 is 35.4 Å². The van der Waals surface area contributed by atoms with Gasteiger partial charge in [0, 0.05) is 102 Å². The molecule has 4 amide bonds. The van der Waals surface area contributed by atoms with Gasteiger partial charge in [0.05, 0.1) is 35.3 Å². The van der Waals surface area contributed by atoms with Crippen LogP contribution in [0.15, 0.2) is 83.3 Å². The van der Waals surface area contributed by atoms with Gasteiger partial charge in [0.2, 0.25) is 0 Å². The van der Waals surface area contributed by atoms with Crippen LogP contribution in [0.2, 0.25) is 5.15 Å². The number of rotatable bonds is 3. The summed E-state index contributed by atoms with van der Waals surface area (Å²) < 4.78 is 53.9. The molecule has 4 aliphatic rings. The minimum absolute atomic E-state index is 0. The fourth-order valence-corrected chi connectivity index (χ4v) is 6.87. The van der Waals surface area contributed by atoms with Crippen molar-refractivity contribution in [2.45, 2.75) is 24.9 Å². The summed E-state index contributed by atoms with van der Waals surface area (Å²) in [6, 6.07) is 15.6. The summed E-state index contributed by atoms with van der Waals surface area (Å²) in [7, 11) is 0. The Morgan fingerprint density at radius 3 is 1.52 bits per heavy atom. The zero-order valence-corrected chi connectivity index (χ0v) is 35.2. The first kappa shape index (κ1) is 47.7. The Morgan fingerprint density at radius 1 is 0.639 bits per heavy atom. The summed E-state index contributed by atoms with van der Waals surface area (Å²) in [5.74, 6) is -1.96. The standard InChI is InChI=1S/C20H18F2N6O.C14H16F2N4O.C6H3ClN2.2H2S/c21-16-10-15(11-17(22)12-16)18-2-4-25-28(18)20(29)27-7-5-26(6-8-27)19-9-14(13-23)1-3-24-19;15-11-7-10(8-12(16)9-11)13-1-2-18-20(13)14(21)19-5-3-17-4-6-19;7-6-3-5(4-8)1-2-9-6;;/h1,3-4,9-12,18H,2,5-8H2;2,7-9,13,17H,1,3-6H2;1-3H;2*1H2/t18-;13-;;;/m00.../s1. The molecular formula is C40H41ClF4N12O2S2. The van der Waals surface area contributed by atoms with Gasteiger partial charge in [0.25, 0.3) is 0 Å². The van der Waals surface area contributed by atoms with Crippen molar-refractivity contribution >= 4 is 68.9 Å². The Bertz CT molecular complexity index is 2260. The highest BCUT2D eigenvalue weighted by Gasteiger charge is 2.34. The Balaban J connectivity index is 0.000000224. The quantitative estimate of drug-likeness (QED) is 0.181. The summed E-state index contributed by atoms with van der Waals surface area (Å²) in [6.45, 7) is 4.71. The van der Waals surface area contributed by atoms with Crippen LogP contribution >= 0.6 is 38.6 Å². The highest BCUT2D eigenvalue weighted by atomic mass is 35.5. The summed E-state index contributed by atoms with van der Waals surface area (Å²) in [5, 5.41) is 31.7. The third-order valence-electron chi connectivity index (χ3n) is 9.58. The number of nitriles is 2. The molecule has 0 radical (unpaired) electrons. The highest BCUT2D eigenvalue weighted by molar-refractivity contribution is 7.59. The molecule has 2 atom stereocenters. The van der Waals surface area contributed by atoms with E-state index in [4.69, 9.17) is 22.1 Å². The minimum atomic E-state index is -0.681. The number of hydrogen-bond donors (Lipinski definition) is 1. The molecule has 2 aromatic carbocycles. The number of urea groups is 2. The maximum atomic E-state index is 13.6. The molecule has 1 N–H and O–H groups in total. The zero-order chi connectivity index (χ0) is 41.9. The second-order valence-corrected chi connectivity index (χ2v) is 13.9. The van der Waals surface area contributed by atoms with Gasteiger partial charge in [-0.05, 0) is 59.7 Å². The van der Waals surface area contributed by atoms with Gasteiger partial charge >= 0.3 is 12.1 Å². The van der Waals surface area contributed by atoms with E-state index >= 15 is 0 Å². The molecule has 4 aliphatic heterocycles. The number of nitrogens with one attached hydrogen (secondary N) is 1. The topological polar surface area (TPSA) is 160 Å². The lowest BCUT2D eigenvalue weighted by atomic mass is 10.0. The highest BCUT2D eigenvalue weighted by Crippen LogP contribution is 2.32. The van der Waals surface area contributed by atoms with Crippen molar-refractivity contribution in [3.8, 4) is 12.1 Å². The van der Waals surface area contributed by atoms with E-state index in [1.807, 2.05) is 11.0 Å². The lowest BCUT2D eigenvalue weighted by Crippen LogP contribution is -2.52. The molecule has 2 saturated heterocycles. The van der Waals surface area contributed by atoms with E-state index in [2.05, 4.69) is 31.6 Å². The van der Waals surface area contributed by atoms with E-state index in [0.29, 0.717) is 85.3 Å². The van der Waals surface area contributed by atoms with Gasteiger partial charge in [0.15, 0.2) is 0 Å².